The minimum atomic E-state index is -0.743. The van der Waals surface area contributed by atoms with Crippen LogP contribution in [-0.4, -0.2) is 52.7 Å². The number of nitrogens with zero attached hydrogens (tertiary/aromatic N) is 1. The number of hydrogen-bond donors (Lipinski definition) is 0. The summed E-state index contributed by atoms with van der Waals surface area (Å²) >= 11 is 0. The standard InChI is InChI=1S/C18H28O3S.C16H36N/c1-3-4-5-6-7-8-11-22(19)15(2)12-16-9-10-17-18(13-16)21-14-20-17;1-5-9-13-17(14-10-6-2,15-11-7-3)16-12-8-4/h9-10,13,15H,3-8,11-12,14H2,1-2H3;5-16H2,1-4H3/q;+1. The van der Waals surface area contributed by atoms with Crippen LogP contribution in [0.15, 0.2) is 18.2 Å². The molecular weight excluding hydrogens is 502 g/mol. The maximum Gasteiger partial charge on any atom is 0.231 e. The Bertz CT molecular complexity index is 716. The summed E-state index contributed by atoms with van der Waals surface area (Å²) in [7, 11) is -0.743. The first-order chi connectivity index (χ1) is 18.9. The van der Waals surface area contributed by atoms with Crippen LogP contribution in [0.5, 0.6) is 11.5 Å². The second kappa shape index (κ2) is 22.6. The van der Waals surface area contributed by atoms with E-state index in [1.807, 2.05) is 18.2 Å². The monoisotopic (exact) mass is 566 g/mol. The Kier molecular flexibility index (Phi) is 20.8. The van der Waals surface area contributed by atoms with Gasteiger partial charge in [0.1, 0.15) is 0 Å². The summed E-state index contributed by atoms with van der Waals surface area (Å²) in [5, 5.41) is 0.191. The molecule has 1 aliphatic rings. The van der Waals surface area contributed by atoms with Gasteiger partial charge in [-0.15, -0.1) is 0 Å². The van der Waals surface area contributed by atoms with Crippen LogP contribution in [0.25, 0.3) is 0 Å². The van der Waals surface area contributed by atoms with Crippen LogP contribution in [0.4, 0.5) is 0 Å². The predicted molar refractivity (Wildman–Crippen MR) is 171 cm³/mol. The van der Waals surface area contributed by atoms with Crippen molar-refractivity contribution in [2.75, 3.05) is 38.7 Å². The third-order valence-corrected chi connectivity index (χ3v) is 9.81. The van der Waals surface area contributed by atoms with Gasteiger partial charge in [-0.1, -0.05) is 105 Å². The van der Waals surface area contributed by atoms with E-state index in [4.69, 9.17) is 9.47 Å². The summed E-state index contributed by atoms with van der Waals surface area (Å²) in [5.74, 6) is 2.45. The molecule has 0 spiro atoms. The zero-order valence-electron chi connectivity index (χ0n) is 26.7. The van der Waals surface area contributed by atoms with Crippen molar-refractivity contribution in [2.24, 2.45) is 0 Å². The van der Waals surface area contributed by atoms with Gasteiger partial charge >= 0.3 is 0 Å². The van der Waals surface area contributed by atoms with Crippen molar-refractivity contribution in [3.8, 4) is 11.5 Å². The van der Waals surface area contributed by atoms with E-state index in [0.717, 1.165) is 30.1 Å². The van der Waals surface area contributed by atoms with Crippen LogP contribution in [0.2, 0.25) is 0 Å². The third kappa shape index (κ3) is 15.5. The molecule has 0 aliphatic carbocycles. The number of hydrogen-bond acceptors (Lipinski definition) is 3. The SMILES string of the molecule is CCCCCCCCS(=O)C(C)Cc1ccc2c(c1)OCO2.CCCC[N+](CCCC)(CCCC)CCCC. The number of unbranched alkanes of at least 4 members (excludes halogenated alkanes) is 9. The molecule has 0 aromatic heterocycles. The van der Waals surface area contributed by atoms with Crippen molar-refractivity contribution >= 4 is 10.8 Å². The number of benzene rings is 1. The maximum absolute atomic E-state index is 12.3. The Morgan fingerprint density at radius 3 is 1.72 bits per heavy atom. The van der Waals surface area contributed by atoms with Crippen molar-refractivity contribution < 1.29 is 18.2 Å². The van der Waals surface area contributed by atoms with E-state index in [-0.39, 0.29) is 5.25 Å². The molecule has 0 N–H and O–H groups in total. The molecule has 4 nitrogen and oxygen atoms in total. The highest BCUT2D eigenvalue weighted by Crippen LogP contribution is 2.33. The van der Waals surface area contributed by atoms with E-state index in [9.17, 15) is 4.21 Å². The number of ether oxygens (including phenoxy) is 2. The Hall–Kier alpha value is -1.07. The molecule has 39 heavy (non-hydrogen) atoms. The molecule has 0 saturated heterocycles. The third-order valence-electron chi connectivity index (χ3n) is 8.05. The number of rotatable bonds is 22. The molecule has 0 saturated carbocycles. The van der Waals surface area contributed by atoms with Crippen LogP contribution in [0.1, 0.15) is 137 Å². The average molecular weight is 567 g/mol. The normalized spacial score (nSPS) is 14.1. The van der Waals surface area contributed by atoms with E-state index in [0.29, 0.717) is 6.79 Å². The fourth-order valence-electron chi connectivity index (χ4n) is 5.36. The van der Waals surface area contributed by atoms with Gasteiger partial charge < -0.3 is 14.0 Å². The van der Waals surface area contributed by atoms with Gasteiger partial charge in [0.25, 0.3) is 0 Å². The molecule has 0 fully saturated rings. The molecule has 0 amide bonds. The van der Waals surface area contributed by atoms with Crippen LogP contribution in [-0.2, 0) is 17.2 Å². The van der Waals surface area contributed by atoms with Crippen LogP contribution in [0.3, 0.4) is 0 Å². The molecule has 2 atom stereocenters. The lowest BCUT2D eigenvalue weighted by molar-refractivity contribution is -0.929. The Morgan fingerprint density at radius 1 is 0.692 bits per heavy atom. The van der Waals surface area contributed by atoms with Crippen molar-refractivity contribution in [2.45, 2.75) is 143 Å². The molecule has 1 aromatic rings. The zero-order valence-corrected chi connectivity index (χ0v) is 27.6. The first kappa shape index (κ1) is 36.0. The highest BCUT2D eigenvalue weighted by Gasteiger charge is 2.24. The first-order valence-corrected chi connectivity index (χ1v) is 17.9. The molecule has 1 heterocycles. The number of quaternary nitrogens is 1. The van der Waals surface area contributed by atoms with Gasteiger partial charge in [-0.2, -0.15) is 0 Å². The van der Waals surface area contributed by atoms with Crippen LogP contribution < -0.4 is 9.47 Å². The predicted octanol–water partition coefficient (Wildman–Crippen LogP) is 9.46. The first-order valence-electron chi connectivity index (χ1n) is 16.6. The summed E-state index contributed by atoms with van der Waals surface area (Å²) in [6, 6.07) is 6.01. The lowest BCUT2D eigenvalue weighted by atomic mass is 10.1. The quantitative estimate of drug-likeness (QED) is 0.104. The second-order valence-corrected chi connectivity index (χ2v) is 13.7. The summed E-state index contributed by atoms with van der Waals surface area (Å²) < 4.78 is 24.5. The molecule has 1 aliphatic heterocycles. The van der Waals surface area contributed by atoms with Gasteiger partial charge in [-0.05, 0) is 56.2 Å². The van der Waals surface area contributed by atoms with Crippen LogP contribution in [0, 0.1) is 0 Å². The van der Waals surface area contributed by atoms with E-state index < -0.39 is 10.8 Å². The molecule has 2 unspecified atom stereocenters. The van der Waals surface area contributed by atoms with Gasteiger partial charge in [0, 0.05) is 21.8 Å². The van der Waals surface area contributed by atoms with Gasteiger partial charge in [0.15, 0.2) is 11.5 Å². The lowest BCUT2D eigenvalue weighted by Gasteiger charge is -2.39. The zero-order chi connectivity index (χ0) is 28.8. The lowest BCUT2D eigenvalue weighted by Crippen LogP contribution is -2.50. The molecule has 0 bridgehead atoms. The largest absolute Gasteiger partial charge is 0.454 e. The van der Waals surface area contributed by atoms with Crippen LogP contribution >= 0.6 is 0 Å². The topological polar surface area (TPSA) is 35.5 Å². The molecule has 0 radical (unpaired) electrons. The molecule has 2 rings (SSSR count). The minimum absolute atomic E-state index is 0.191. The minimum Gasteiger partial charge on any atom is -0.454 e. The molecule has 1 aromatic carbocycles. The van der Waals surface area contributed by atoms with Gasteiger partial charge in [-0.3, -0.25) is 4.21 Å². The smallest absolute Gasteiger partial charge is 0.231 e. The molecule has 5 heteroatoms. The fraction of sp³-hybridized carbons (Fsp3) is 0.824. The van der Waals surface area contributed by atoms with Gasteiger partial charge in [0.2, 0.25) is 6.79 Å². The van der Waals surface area contributed by atoms with Crippen molar-refractivity contribution in [3.63, 3.8) is 0 Å². The second-order valence-electron chi connectivity index (χ2n) is 11.7. The van der Waals surface area contributed by atoms with E-state index >= 15 is 0 Å². The van der Waals surface area contributed by atoms with Crippen molar-refractivity contribution in [1.29, 1.82) is 0 Å². The fourth-order valence-corrected chi connectivity index (χ4v) is 6.63. The summed E-state index contributed by atoms with van der Waals surface area (Å²) in [6.45, 7) is 19.6. The highest BCUT2D eigenvalue weighted by molar-refractivity contribution is 7.85. The summed E-state index contributed by atoms with van der Waals surface area (Å²) in [5.41, 5.74) is 1.17. The Balaban J connectivity index is 0.000000406. The van der Waals surface area contributed by atoms with Gasteiger partial charge in [-0.25, -0.2) is 0 Å². The van der Waals surface area contributed by atoms with Gasteiger partial charge in [0.05, 0.1) is 26.2 Å². The maximum atomic E-state index is 12.3. The molecule has 228 valence electrons. The van der Waals surface area contributed by atoms with E-state index in [2.05, 4.69) is 41.5 Å². The summed E-state index contributed by atoms with van der Waals surface area (Å²) in [6.07, 6.45) is 19.4. The number of fused-ring (bicyclic) bond motifs is 1. The Morgan fingerprint density at radius 2 is 1.18 bits per heavy atom. The average Bonchev–Trinajstić information content (AvgIpc) is 3.42. The highest BCUT2D eigenvalue weighted by atomic mass is 32.2. The van der Waals surface area contributed by atoms with Crippen molar-refractivity contribution in [3.05, 3.63) is 23.8 Å². The van der Waals surface area contributed by atoms with E-state index in [1.165, 1.54) is 120 Å². The molecular formula is C34H64NO3S+. The van der Waals surface area contributed by atoms with E-state index in [1.54, 1.807) is 0 Å². The van der Waals surface area contributed by atoms with Crippen molar-refractivity contribution in [1.82, 2.24) is 0 Å². The Labute approximate surface area is 245 Å². The summed E-state index contributed by atoms with van der Waals surface area (Å²) in [4.78, 5) is 0.